The Morgan fingerprint density at radius 3 is 3.06 bits per heavy atom. The van der Waals surface area contributed by atoms with Gasteiger partial charge in [-0.1, -0.05) is 6.08 Å². The first-order valence-corrected chi connectivity index (χ1v) is 5.50. The molecule has 0 saturated heterocycles. The molecule has 0 aliphatic carbocycles. The second-order valence-electron chi connectivity index (χ2n) is 3.70. The van der Waals surface area contributed by atoms with Gasteiger partial charge in [0.1, 0.15) is 6.33 Å². The maximum atomic E-state index is 4.24. The molecule has 2 rings (SSSR count). The van der Waals surface area contributed by atoms with E-state index in [1.165, 1.54) is 0 Å². The molecule has 6 heteroatoms. The van der Waals surface area contributed by atoms with Crippen molar-refractivity contribution in [1.29, 1.82) is 0 Å². The fourth-order valence-electron chi connectivity index (χ4n) is 1.54. The minimum atomic E-state index is 0.707. The number of anilines is 1. The third-order valence-corrected chi connectivity index (χ3v) is 2.34. The summed E-state index contributed by atoms with van der Waals surface area (Å²) < 4.78 is 3.75. The molecule has 2 aromatic heterocycles. The molecule has 0 bridgehead atoms. The van der Waals surface area contributed by atoms with Crippen LogP contribution >= 0.6 is 0 Å². The zero-order valence-electron chi connectivity index (χ0n) is 9.87. The highest BCUT2D eigenvalue weighted by atomic mass is 15.3. The molecule has 1 N–H and O–H groups in total. The average Bonchev–Trinajstić information content (AvgIpc) is 2.92. The lowest BCUT2D eigenvalue weighted by molar-refractivity contribution is 0.662. The van der Waals surface area contributed by atoms with Crippen LogP contribution in [0.3, 0.4) is 0 Å². The number of imidazole rings is 1. The van der Waals surface area contributed by atoms with E-state index in [-0.39, 0.29) is 0 Å². The quantitative estimate of drug-likeness (QED) is 0.750. The van der Waals surface area contributed by atoms with Crippen molar-refractivity contribution in [3.8, 4) is 0 Å². The van der Waals surface area contributed by atoms with Gasteiger partial charge in [0.2, 0.25) is 5.95 Å². The van der Waals surface area contributed by atoms with Gasteiger partial charge < -0.3 is 9.88 Å². The summed E-state index contributed by atoms with van der Waals surface area (Å²) >= 11 is 0. The molecule has 0 amide bonds. The standard InChI is InChI=1S/C11H16N6/c1-3-5-12-11-13-6-8-17(11)7-4-10-14-9-16(2)15-10/h3,6,8-9H,1,4-5,7H2,2H3,(H,12,13). The molecular formula is C11H16N6. The molecule has 0 spiro atoms. The van der Waals surface area contributed by atoms with E-state index in [0.717, 1.165) is 24.7 Å². The van der Waals surface area contributed by atoms with Crippen LogP contribution in [0.5, 0.6) is 0 Å². The van der Waals surface area contributed by atoms with Gasteiger partial charge in [0, 0.05) is 39.0 Å². The highest BCUT2D eigenvalue weighted by molar-refractivity contribution is 5.26. The number of nitrogens with zero attached hydrogens (tertiary/aromatic N) is 5. The minimum absolute atomic E-state index is 0.707. The largest absolute Gasteiger partial charge is 0.352 e. The van der Waals surface area contributed by atoms with Crippen LogP contribution in [0.4, 0.5) is 5.95 Å². The van der Waals surface area contributed by atoms with Crippen molar-refractivity contribution < 1.29 is 0 Å². The Balaban J connectivity index is 1.94. The molecule has 0 atom stereocenters. The summed E-state index contributed by atoms with van der Waals surface area (Å²) in [5, 5.41) is 7.41. The van der Waals surface area contributed by atoms with Crippen LogP contribution in [0.1, 0.15) is 5.82 Å². The molecule has 0 radical (unpaired) electrons. The number of aromatic nitrogens is 5. The van der Waals surface area contributed by atoms with Crippen molar-refractivity contribution >= 4 is 5.95 Å². The Morgan fingerprint density at radius 2 is 2.35 bits per heavy atom. The fourth-order valence-corrected chi connectivity index (χ4v) is 1.54. The highest BCUT2D eigenvalue weighted by Gasteiger charge is 2.03. The van der Waals surface area contributed by atoms with Gasteiger partial charge in [-0.15, -0.1) is 6.58 Å². The van der Waals surface area contributed by atoms with E-state index in [2.05, 4.69) is 27.0 Å². The molecule has 0 unspecified atom stereocenters. The SMILES string of the molecule is C=CCNc1nccn1CCc1ncn(C)n1. The van der Waals surface area contributed by atoms with Crippen LogP contribution < -0.4 is 5.32 Å². The highest BCUT2D eigenvalue weighted by Crippen LogP contribution is 2.05. The van der Waals surface area contributed by atoms with Crippen LogP contribution in [-0.2, 0) is 20.0 Å². The van der Waals surface area contributed by atoms with Crippen molar-refractivity contribution in [2.75, 3.05) is 11.9 Å². The van der Waals surface area contributed by atoms with Gasteiger partial charge in [-0.2, -0.15) is 5.10 Å². The monoisotopic (exact) mass is 232 g/mol. The second-order valence-corrected chi connectivity index (χ2v) is 3.70. The van der Waals surface area contributed by atoms with E-state index in [9.17, 15) is 0 Å². The van der Waals surface area contributed by atoms with Gasteiger partial charge in [-0.3, -0.25) is 4.68 Å². The predicted octanol–water partition coefficient (Wildman–Crippen LogP) is 0.852. The van der Waals surface area contributed by atoms with E-state index in [0.29, 0.717) is 6.54 Å². The van der Waals surface area contributed by atoms with E-state index in [1.54, 1.807) is 23.3 Å². The second kappa shape index (κ2) is 5.29. The topological polar surface area (TPSA) is 60.6 Å². The van der Waals surface area contributed by atoms with Gasteiger partial charge in [0.05, 0.1) is 0 Å². The molecule has 2 aromatic rings. The van der Waals surface area contributed by atoms with Crippen molar-refractivity contribution in [1.82, 2.24) is 24.3 Å². The average molecular weight is 232 g/mol. The molecule has 0 aromatic carbocycles. The van der Waals surface area contributed by atoms with E-state index in [4.69, 9.17) is 0 Å². The van der Waals surface area contributed by atoms with E-state index < -0.39 is 0 Å². The molecule has 6 nitrogen and oxygen atoms in total. The van der Waals surface area contributed by atoms with Crippen LogP contribution in [0.15, 0.2) is 31.4 Å². The third-order valence-electron chi connectivity index (χ3n) is 2.34. The summed E-state index contributed by atoms with van der Waals surface area (Å²) in [6.07, 6.45) is 8.02. The first-order chi connectivity index (χ1) is 8.29. The van der Waals surface area contributed by atoms with Gasteiger partial charge in [0.15, 0.2) is 5.82 Å². The Bertz CT molecular complexity index is 484. The zero-order chi connectivity index (χ0) is 12.1. The number of hydrogen-bond donors (Lipinski definition) is 1. The zero-order valence-corrected chi connectivity index (χ0v) is 9.87. The van der Waals surface area contributed by atoms with Crippen LogP contribution in [-0.4, -0.2) is 30.9 Å². The van der Waals surface area contributed by atoms with Gasteiger partial charge in [-0.05, 0) is 0 Å². The Labute approximate surface area is 100 Å². The summed E-state index contributed by atoms with van der Waals surface area (Å²) in [6, 6.07) is 0. The summed E-state index contributed by atoms with van der Waals surface area (Å²) in [6.45, 7) is 5.18. The minimum Gasteiger partial charge on any atom is -0.352 e. The maximum Gasteiger partial charge on any atom is 0.203 e. The van der Waals surface area contributed by atoms with Gasteiger partial charge >= 0.3 is 0 Å². The molecule has 90 valence electrons. The van der Waals surface area contributed by atoms with Crippen molar-refractivity contribution in [3.63, 3.8) is 0 Å². The number of aryl methyl sites for hydroxylation is 3. The number of hydrogen-bond acceptors (Lipinski definition) is 4. The van der Waals surface area contributed by atoms with E-state index in [1.807, 2.05) is 17.8 Å². The van der Waals surface area contributed by atoms with Crippen molar-refractivity contribution in [3.05, 3.63) is 37.2 Å². The Hall–Kier alpha value is -2.11. The lowest BCUT2D eigenvalue weighted by Gasteiger charge is -2.06. The lowest BCUT2D eigenvalue weighted by Crippen LogP contribution is -2.09. The van der Waals surface area contributed by atoms with Gasteiger partial charge in [-0.25, -0.2) is 9.97 Å². The first-order valence-electron chi connectivity index (χ1n) is 5.50. The van der Waals surface area contributed by atoms with Crippen molar-refractivity contribution in [2.24, 2.45) is 7.05 Å². The molecule has 0 aliphatic rings. The predicted molar refractivity (Wildman–Crippen MR) is 65.6 cm³/mol. The maximum absolute atomic E-state index is 4.24. The van der Waals surface area contributed by atoms with Crippen LogP contribution in [0.2, 0.25) is 0 Å². The van der Waals surface area contributed by atoms with Crippen LogP contribution in [0.25, 0.3) is 0 Å². The number of rotatable bonds is 6. The summed E-state index contributed by atoms with van der Waals surface area (Å²) in [5.74, 6) is 1.69. The molecule has 17 heavy (non-hydrogen) atoms. The molecule has 0 fully saturated rings. The Kier molecular flexibility index (Phi) is 3.54. The normalized spacial score (nSPS) is 10.4. The molecule has 2 heterocycles. The Morgan fingerprint density at radius 1 is 1.47 bits per heavy atom. The van der Waals surface area contributed by atoms with Crippen LogP contribution in [0, 0.1) is 0 Å². The molecular weight excluding hydrogens is 216 g/mol. The molecule has 0 saturated carbocycles. The van der Waals surface area contributed by atoms with Crippen molar-refractivity contribution in [2.45, 2.75) is 13.0 Å². The summed E-state index contributed by atoms with van der Waals surface area (Å²) in [7, 11) is 1.87. The van der Waals surface area contributed by atoms with E-state index >= 15 is 0 Å². The number of nitrogens with one attached hydrogen (secondary N) is 1. The lowest BCUT2D eigenvalue weighted by atomic mass is 10.4. The summed E-state index contributed by atoms with van der Waals surface area (Å²) in [5.41, 5.74) is 0. The molecule has 0 aliphatic heterocycles. The van der Waals surface area contributed by atoms with Gasteiger partial charge in [0.25, 0.3) is 0 Å². The summed E-state index contributed by atoms with van der Waals surface area (Å²) in [4.78, 5) is 8.42. The third kappa shape index (κ3) is 2.93. The smallest absolute Gasteiger partial charge is 0.203 e. The first kappa shape index (κ1) is 11.4. The fraction of sp³-hybridized carbons (Fsp3) is 0.364.